The van der Waals surface area contributed by atoms with Crippen molar-refractivity contribution in [3.63, 3.8) is 0 Å². The summed E-state index contributed by atoms with van der Waals surface area (Å²) >= 11 is 0. The largest absolute Gasteiger partial charge is 0.459 e. The molecule has 110 valence electrons. The van der Waals surface area contributed by atoms with E-state index in [0.717, 1.165) is 6.42 Å². The number of hydrogen-bond donors (Lipinski definition) is 1. The lowest BCUT2D eigenvalue weighted by molar-refractivity contribution is -0.152. The van der Waals surface area contributed by atoms with Crippen molar-refractivity contribution in [2.45, 2.75) is 46.1 Å². The monoisotopic (exact) mass is 278 g/mol. The fourth-order valence-corrected chi connectivity index (χ4v) is 1.81. The van der Waals surface area contributed by atoms with Crippen LogP contribution in [-0.4, -0.2) is 29.6 Å². The number of Topliss-reactive ketones (excluding diaryl/α,β-unsaturated/α-hetero) is 1. The number of rotatable bonds is 3. The van der Waals surface area contributed by atoms with Gasteiger partial charge >= 0.3 is 5.97 Å². The van der Waals surface area contributed by atoms with Gasteiger partial charge in [-0.25, -0.2) is 0 Å². The molecule has 0 aromatic heterocycles. The molecule has 0 aromatic carbocycles. The number of carbonyl (C=O) groups is 2. The Bertz CT molecular complexity index is 494. The zero-order chi connectivity index (χ0) is 15.3. The topological polar surface area (TPSA) is 81.8 Å². The zero-order valence-corrected chi connectivity index (χ0v) is 12.5. The highest BCUT2D eigenvalue weighted by Gasteiger charge is 2.18. The highest BCUT2D eigenvalue weighted by atomic mass is 16.6. The third-order valence-electron chi connectivity index (χ3n) is 2.65. The third kappa shape index (κ3) is 4.99. The van der Waals surface area contributed by atoms with Crippen LogP contribution < -0.4 is 5.73 Å². The van der Waals surface area contributed by atoms with Crippen LogP contribution in [0.4, 0.5) is 0 Å². The maximum atomic E-state index is 11.6. The molecular formula is C15H22N2O3. The molecule has 0 bridgehead atoms. The van der Waals surface area contributed by atoms with Crippen LogP contribution in [0.1, 0.15) is 40.5 Å². The van der Waals surface area contributed by atoms with Gasteiger partial charge in [0.25, 0.3) is 0 Å². The van der Waals surface area contributed by atoms with Gasteiger partial charge in [0.1, 0.15) is 12.1 Å². The Morgan fingerprint density at radius 1 is 1.40 bits per heavy atom. The van der Waals surface area contributed by atoms with E-state index in [1.807, 2.05) is 6.08 Å². The number of allylic oxidation sites excluding steroid dienone is 4. The first-order chi connectivity index (χ1) is 9.20. The van der Waals surface area contributed by atoms with Crippen molar-refractivity contribution in [2.75, 3.05) is 6.54 Å². The standard InChI is InChI=1S/C15H22N2O3/c1-10(18)14(16)11-7-5-6-8-12(11)17-9-13(19)20-15(2,3)4/h6,8H,5,7,9,16H2,1-4H3. The number of aliphatic imine (C=N–C) groups is 1. The number of ketones is 1. The summed E-state index contributed by atoms with van der Waals surface area (Å²) in [6.07, 6.45) is 5.22. The number of hydrogen-bond acceptors (Lipinski definition) is 5. The Morgan fingerprint density at radius 3 is 2.60 bits per heavy atom. The molecule has 0 aliphatic heterocycles. The van der Waals surface area contributed by atoms with Crippen LogP contribution in [0.5, 0.6) is 0 Å². The summed E-state index contributed by atoms with van der Waals surface area (Å²) < 4.78 is 5.19. The number of esters is 1. The van der Waals surface area contributed by atoms with Gasteiger partial charge in [-0.2, -0.15) is 0 Å². The third-order valence-corrected chi connectivity index (χ3v) is 2.65. The molecule has 0 spiro atoms. The molecular weight excluding hydrogens is 256 g/mol. The van der Waals surface area contributed by atoms with Gasteiger partial charge in [-0.1, -0.05) is 6.08 Å². The van der Waals surface area contributed by atoms with Gasteiger partial charge in [0.2, 0.25) is 0 Å². The molecule has 20 heavy (non-hydrogen) atoms. The molecule has 0 heterocycles. The minimum atomic E-state index is -0.531. The molecule has 0 saturated carbocycles. The Morgan fingerprint density at radius 2 is 2.05 bits per heavy atom. The second-order valence-corrected chi connectivity index (χ2v) is 5.68. The van der Waals surface area contributed by atoms with Crippen molar-refractivity contribution in [1.29, 1.82) is 0 Å². The number of carbonyl (C=O) groups excluding carboxylic acids is 2. The van der Waals surface area contributed by atoms with Crippen molar-refractivity contribution in [2.24, 2.45) is 10.7 Å². The van der Waals surface area contributed by atoms with Crippen molar-refractivity contribution in [3.8, 4) is 0 Å². The van der Waals surface area contributed by atoms with Crippen molar-refractivity contribution < 1.29 is 14.3 Å². The van der Waals surface area contributed by atoms with Gasteiger partial charge < -0.3 is 10.5 Å². The van der Waals surface area contributed by atoms with Gasteiger partial charge in [-0.15, -0.1) is 0 Å². The van der Waals surface area contributed by atoms with Crippen LogP contribution in [0.2, 0.25) is 0 Å². The molecule has 1 aliphatic carbocycles. The Balaban J connectivity index is 2.87. The van der Waals surface area contributed by atoms with Crippen LogP contribution in [-0.2, 0) is 14.3 Å². The minimum absolute atomic E-state index is 0.0777. The first-order valence-corrected chi connectivity index (χ1v) is 6.63. The second-order valence-electron chi connectivity index (χ2n) is 5.68. The maximum absolute atomic E-state index is 11.6. The van der Waals surface area contributed by atoms with Crippen molar-refractivity contribution >= 4 is 17.5 Å². The van der Waals surface area contributed by atoms with E-state index in [9.17, 15) is 9.59 Å². The van der Waals surface area contributed by atoms with Crippen LogP contribution in [0.3, 0.4) is 0 Å². The van der Waals surface area contributed by atoms with Gasteiger partial charge in [-0.3, -0.25) is 14.6 Å². The normalized spacial score (nSPS) is 19.9. The van der Waals surface area contributed by atoms with Crippen LogP contribution in [0, 0.1) is 0 Å². The van der Waals surface area contributed by atoms with E-state index in [4.69, 9.17) is 10.5 Å². The SMILES string of the molecule is CC(=O)C(N)=C1CCC=CC1=NCC(=O)OC(C)(C)C. The van der Waals surface area contributed by atoms with E-state index in [-0.39, 0.29) is 18.0 Å². The number of nitrogens with zero attached hydrogens (tertiary/aromatic N) is 1. The van der Waals surface area contributed by atoms with Gasteiger partial charge in [0.15, 0.2) is 5.78 Å². The maximum Gasteiger partial charge on any atom is 0.328 e. The zero-order valence-electron chi connectivity index (χ0n) is 12.5. The fraction of sp³-hybridized carbons (Fsp3) is 0.533. The molecule has 0 aromatic rings. The summed E-state index contributed by atoms with van der Waals surface area (Å²) in [5.41, 5.74) is 6.78. The molecule has 1 aliphatic rings. The average Bonchev–Trinajstić information content (AvgIpc) is 2.33. The first kappa shape index (κ1) is 16.1. The lowest BCUT2D eigenvalue weighted by Gasteiger charge is -2.19. The van der Waals surface area contributed by atoms with E-state index in [1.165, 1.54) is 6.92 Å². The fourth-order valence-electron chi connectivity index (χ4n) is 1.81. The van der Waals surface area contributed by atoms with E-state index < -0.39 is 11.6 Å². The lowest BCUT2D eigenvalue weighted by Crippen LogP contribution is -2.26. The van der Waals surface area contributed by atoms with Gasteiger partial charge in [0.05, 0.1) is 11.4 Å². The Labute approximate surface area is 119 Å². The van der Waals surface area contributed by atoms with Crippen molar-refractivity contribution in [1.82, 2.24) is 0 Å². The van der Waals surface area contributed by atoms with Gasteiger partial charge in [-0.05, 0) is 39.7 Å². The van der Waals surface area contributed by atoms with Crippen LogP contribution in [0.25, 0.3) is 0 Å². The highest BCUT2D eigenvalue weighted by molar-refractivity contribution is 6.14. The quantitative estimate of drug-likeness (QED) is 0.631. The molecule has 0 atom stereocenters. The van der Waals surface area contributed by atoms with E-state index >= 15 is 0 Å². The number of nitrogens with two attached hydrogens (primary N) is 1. The summed E-state index contributed by atoms with van der Waals surface area (Å²) in [6, 6.07) is 0. The van der Waals surface area contributed by atoms with E-state index in [1.54, 1.807) is 26.8 Å². The second kappa shape index (κ2) is 6.50. The van der Waals surface area contributed by atoms with Crippen molar-refractivity contribution in [3.05, 3.63) is 23.4 Å². The molecule has 5 heteroatoms. The summed E-state index contributed by atoms with van der Waals surface area (Å²) in [7, 11) is 0. The molecule has 1 rings (SSSR count). The molecule has 0 fully saturated rings. The van der Waals surface area contributed by atoms with E-state index in [2.05, 4.69) is 4.99 Å². The smallest absolute Gasteiger partial charge is 0.328 e. The lowest BCUT2D eigenvalue weighted by atomic mass is 9.96. The Hall–Kier alpha value is -1.91. The molecule has 5 nitrogen and oxygen atoms in total. The molecule has 0 amide bonds. The first-order valence-electron chi connectivity index (χ1n) is 6.63. The van der Waals surface area contributed by atoms with Gasteiger partial charge in [0, 0.05) is 12.5 Å². The van der Waals surface area contributed by atoms with Crippen LogP contribution in [0.15, 0.2) is 28.4 Å². The summed E-state index contributed by atoms with van der Waals surface area (Å²) in [5.74, 6) is -0.579. The number of ether oxygens (including phenoxy) is 1. The molecule has 0 saturated heterocycles. The molecule has 0 unspecified atom stereocenters. The highest BCUT2D eigenvalue weighted by Crippen LogP contribution is 2.18. The molecule has 0 radical (unpaired) electrons. The predicted octanol–water partition coefficient (Wildman–Crippen LogP) is 1.92. The molecule has 2 N–H and O–H groups in total. The van der Waals surface area contributed by atoms with E-state index in [0.29, 0.717) is 17.7 Å². The predicted molar refractivity (Wildman–Crippen MR) is 78.4 cm³/mol. The summed E-state index contributed by atoms with van der Waals surface area (Å²) in [5, 5.41) is 0. The summed E-state index contributed by atoms with van der Waals surface area (Å²) in [6.45, 7) is 6.75. The Kier molecular flexibility index (Phi) is 5.25. The van der Waals surface area contributed by atoms with Crippen LogP contribution >= 0.6 is 0 Å². The summed E-state index contributed by atoms with van der Waals surface area (Å²) in [4.78, 5) is 27.2. The average molecular weight is 278 g/mol. The minimum Gasteiger partial charge on any atom is -0.459 e.